The van der Waals surface area contributed by atoms with Gasteiger partial charge in [-0.05, 0) is 25.3 Å². The summed E-state index contributed by atoms with van der Waals surface area (Å²) in [6, 6.07) is 1.77. The third-order valence-electron chi connectivity index (χ3n) is 2.60. The van der Waals surface area contributed by atoms with Crippen molar-refractivity contribution in [1.29, 1.82) is 0 Å². The third-order valence-corrected chi connectivity index (χ3v) is 3.51. The number of hydrogen-bond donors (Lipinski definition) is 1. The molecule has 1 fully saturated rings. The van der Waals surface area contributed by atoms with Crippen LogP contribution in [0.15, 0.2) is 11.4 Å². The van der Waals surface area contributed by atoms with Crippen molar-refractivity contribution in [3.63, 3.8) is 0 Å². The molecule has 0 saturated carbocycles. The summed E-state index contributed by atoms with van der Waals surface area (Å²) in [4.78, 5) is 14.6. The van der Waals surface area contributed by atoms with E-state index >= 15 is 0 Å². The second-order valence-electron chi connectivity index (χ2n) is 4.17. The number of carbonyl (C=O) groups excluding carboxylic acids is 1. The molecule has 16 heavy (non-hydrogen) atoms. The average molecular weight is 240 g/mol. The number of carbonyl (C=O) groups is 1. The predicted molar refractivity (Wildman–Crippen MR) is 64.6 cm³/mol. The average Bonchev–Trinajstić information content (AvgIpc) is 2.62. The van der Waals surface area contributed by atoms with E-state index in [0.29, 0.717) is 23.7 Å². The molecule has 1 aromatic heterocycles. The lowest BCUT2D eigenvalue weighted by molar-refractivity contribution is -0.0584. The fourth-order valence-electron chi connectivity index (χ4n) is 1.98. The van der Waals surface area contributed by atoms with Crippen LogP contribution in [0.4, 0.5) is 5.69 Å². The Morgan fingerprint density at radius 1 is 1.50 bits per heavy atom. The quantitative estimate of drug-likeness (QED) is 0.811. The Morgan fingerprint density at radius 2 is 2.12 bits per heavy atom. The standard InChI is InChI=1S/C11H16N2O2S/c1-7-5-13(6-8(2)15-7)11(14)10-9(12)3-4-16-10/h3-4,7-8H,5-6,12H2,1-2H3. The molecule has 0 aliphatic carbocycles. The summed E-state index contributed by atoms with van der Waals surface area (Å²) >= 11 is 1.40. The van der Waals surface area contributed by atoms with Gasteiger partial charge in [0, 0.05) is 13.1 Å². The lowest BCUT2D eigenvalue weighted by Gasteiger charge is -2.35. The van der Waals surface area contributed by atoms with Crippen LogP contribution in [0.25, 0.3) is 0 Å². The van der Waals surface area contributed by atoms with Crippen molar-refractivity contribution >= 4 is 22.9 Å². The molecule has 4 nitrogen and oxygen atoms in total. The van der Waals surface area contributed by atoms with Gasteiger partial charge in [-0.1, -0.05) is 0 Å². The van der Waals surface area contributed by atoms with Crippen LogP contribution < -0.4 is 5.73 Å². The first-order valence-electron chi connectivity index (χ1n) is 5.35. The van der Waals surface area contributed by atoms with Crippen LogP contribution in [0.3, 0.4) is 0 Å². The highest BCUT2D eigenvalue weighted by Crippen LogP contribution is 2.22. The van der Waals surface area contributed by atoms with Gasteiger partial charge < -0.3 is 15.4 Å². The first-order valence-corrected chi connectivity index (χ1v) is 6.23. The molecule has 88 valence electrons. The second-order valence-corrected chi connectivity index (χ2v) is 5.09. The molecule has 2 N–H and O–H groups in total. The monoisotopic (exact) mass is 240 g/mol. The van der Waals surface area contributed by atoms with Crippen LogP contribution in [-0.4, -0.2) is 36.1 Å². The summed E-state index contributed by atoms with van der Waals surface area (Å²) in [6.45, 7) is 5.24. The molecular weight excluding hydrogens is 224 g/mol. The van der Waals surface area contributed by atoms with Crippen molar-refractivity contribution in [2.24, 2.45) is 0 Å². The molecule has 2 atom stereocenters. The van der Waals surface area contributed by atoms with Crippen molar-refractivity contribution < 1.29 is 9.53 Å². The number of thiophene rings is 1. The van der Waals surface area contributed by atoms with Gasteiger partial charge in [0.25, 0.3) is 5.91 Å². The van der Waals surface area contributed by atoms with Gasteiger partial charge >= 0.3 is 0 Å². The number of nitrogens with zero attached hydrogens (tertiary/aromatic N) is 1. The van der Waals surface area contributed by atoms with E-state index in [9.17, 15) is 4.79 Å². The third kappa shape index (κ3) is 2.20. The van der Waals surface area contributed by atoms with Gasteiger partial charge in [-0.15, -0.1) is 11.3 Å². The minimum atomic E-state index is 0.0227. The number of hydrogen-bond acceptors (Lipinski definition) is 4. The SMILES string of the molecule is CC1CN(C(=O)c2sccc2N)CC(C)O1. The highest BCUT2D eigenvalue weighted by molar-refractivity contribution is 7.12. The van der Waals surface area contributed by atoms with Crippen molar-refractivity contribution in [2.75, 3.05) is 18.8 Å². The fourth-order valence-corrected chi connectivity index (χ4v) is 2.77. The number of nitrogen functional groups attached to an aromatic ring is 1. The van der Waals surface area contributed by atoms with Gasteiger partial charge in [0.15, 0.2) is 0 Å². The maximum Gasteiger partial charge on any atom is 0.266 e. The number of rotatable bonds is 1. The van der Waals surface area contributed by atoms with E-state index < -0.39 is 0 Å². The van der Waals surface area contributed by atoms with Crippen LogP contribution in [0, 0.1) is 0 Å². The molecule has 0 spiro atoms. The summed E-state index contributed by atoms with van der Waals surface area (Å²) < 4.78 is 5.59. The van der Waals surface area contributed by atoms with Crippen molar-refractivity contribution in [1.82, 2.24) is 4.90 Å². The second kappa shape index (κ2) is 4.43. The van der Waals surface area contributed by atoms with Crippen molar-refractivity contribution in [3.05, 3.63) is 16.3 Å². The van der Waals surface area contributed by atoms with E-state index in [4.69, 9.17) is 10.5 Å². The molecule has 5 heteroatoms. The summed E-state index contributed by atoms with van der Waals surface area (Å²) in [6.07, 6.45) is 0.183. The number of anilines is 1. The lowest BCUT2D eigenvalue weighted by atomic mass is 10.2. The van der Waals surface area contributed by atoms with Crippen LogP contribution in [-0.2, 0) is 4.74 Å². The van der Waals surface area contributed by atoms with Crippen LogP contribution in [0.2, 0.25) is 0 Å². The van der Waals surface area contributed by atoms with E-state index in [1.165, 1.54) is 11.3 Å². The van der Waals surface area contributed by atoms with E-state index in [-0.39, 0.29) is 18.1 Å². The number of nitrogens with two attached hydrogens (primary N) is 1. The van der Waals surface area contributed by atoms with Gasteiger partial charge in [0.1, 0.15) is 4.88 Å². The molecule has 1 saturated heterocycles. The minimum Gasteiger partial charge on any atom is -0.397 e. The highest BCUT2D eigenvalue weighted by Gasteiger charge is 2.27. The number of amides is 1. The predicted octanol–water partition coefficient (Wildman–Crippen LogP) is 1.58. The highest BCUT2D eigenvalue weighted by atomic mass is 32.1. The van der Waals surface area contributed by atoms with Gasteiger partial charge in [-0.2, -0.15) is 0 Å². The van der Waals surface area contributed by atoms with Gasteiger partial charge in [0.05, 0.1) is 17.9 Å². The Balaban J connectivity index is 2.13. The molecule has 1 aliphatic heterocycles. The molecule has 1 amide bonds. The van der Waals surface area contributed by atoms with Gasteiger partial charge in [-0.3, -0.25) is 4.79 Å². The Hall–Kier alpha value is -1.07. The molecule has 1 aliphatic rings. The maximum absolute atomic E-state index is 12.2. The first-order chi connectivity index (χ1) is 7.58. The zero-order valence-corrected chi connectivity index (χ0v) is 10.3. The van der Waals surface area contributed by atoms with E-state index in [0.717, 1.165) is 0 Å². The zero-order valence-electron chi connectivity index (χ0n) is 9.47. The van der Waals surface area contributed by atoms with E-state index in [2.05, 4.69) is 0 Å². The Kier molecular flexibility index (Phi) is 3.16. The molecule has 0 bridgehead atoms. The van der Waals surface area contributed by atoms with E-state index in [1.807, 2.05) is 24.1 Å². The topological polar surface area (TPSA) is 55.6 Å². The molecule has 2 heterocycles. The minimum absolute atomic E-state index is 0.0227. The molecule has 0 aromatic carbocycles. The van der Waals surface area contributed by atoms with Crippen LogP contribution in [0.5, 0.6) is 0 Å². The first kappa shape index (κ1) is 11.4. The Bertz CT molecular complexity index is 381. The Labute approximate surface area is 99.0 Å². The zero-order chi connectivity index (χ0) is 11.7. The smallest absolute Gasteiger partial charge is 0.266 e. The molecule has 0 radical (unpaired) electrons. The van der Waals surface area contributed by atoms with Crippen molar-refractivity contribution in [3.8, 4) is 0 Å². The maximum atomic E-state index is 12.2. The summed E-state index contributed by atoms with van der Waals surface area (Å²) in [5.41, 5.74) is 6.32. The van der Waals surface area contributed by atoms with Crippen molar-refractivity contribution in [2.45, 2.75) is 26.1 Å². The largest absolute Gasteiger partial charge is 0.397 e. The normalized spacial score (nSPS) is 25.8. The Morgan fingerprint density at radius 3 is 2.62 bits per heavy atom. The number of ether oxygens (including phenoxy) is 1. The summed E-state index contributed by atoms with van der Waals surface area (Å²) in [7, 11) is 0. The molecule has 1 aromatic rings. The summed E-state index contributed by atoms with van der Waals surface area (Å²) in [5, 5.41) is 1.84. The lowest BCUT2D eigenvalue weighted by Crippen LogP contribution is -2.48. The van der Waals surface area contributed by atoms with E-state index in [1.54, 1.807) is 6.07 Å². The number of morpholine rings is 1. The van der Waals surface area contributed by atoms with Gasteiger partial charge in [0.2, 0.25) is 0 Å². The van der Waals surface area contributed by atoms with Gasteiger partial charge in [-0.25, -0.2) is 0 Å². The molecular formula is C11H16N2O2S. The molecule has 2 rings (SSSR count). The fraction of sp³-hybridized carbons (Fsp3) is 0.545. The van der Waals surface area contributed by atoms with Crippen LogP contribution in [0.1, 0.15) is 23.5 Å². The van der Waals surface area contributed by atoms with Crippen LogP contribution >= 0.6 is 11.3 Å². The summed E-state index contributed by atoms with van der Waals surface area (Å²) in [5.74, 6) is 0.0227. The molecule has 2 unspecified atom stereocenters.